The second kappa shape index (κ2) is 6.21. The normalized spacial score (nSPS) is 13.6. The molecule has 1 aliphatic rings. The number of rotatable bonds is 5. The number of hydrogen-bond acceptors (Lipinski definition) is 5. The van der Waals surface area contributed by atoms with Crippen molar-refractivity contribution < 1.29 is 14.0 Å². The van der Waals surface area contributed by atoms with Gasteiger partial charge in [-0.05, 0) is 23.8 Å². The molecule has 7 nitrogen and oxygen atoms in total. The standard InChI is InChI=1S/C15H14N4O3/c20-14-7-13(17-18-14)15(21)19(10-12-4-2-6-22-12)9-11-3-1-5-16-8-11/h1-6,8H,7,9-10H2,(H,18,20). The molecule has 0 atom stereocenters. The van der Waals surface area contributed by atoms with Crippen LogP contribution in [0.4, 0.5) is 0 Å². The molecule has 22 heavy (non-hydrogen) atoms. The van der Waals surface area contributed by atoms with Gasteiger partial charge in [0.15, 0.2) is 0 Å². The number of nitrogens with zero attached hydrogens (tertiary/aromatic N) is 3. The van der Waals surface area contributed by atoms with E-state index in [1.807, 2.05) is 12.1 Å². The minimum atomic E-state index is -0.293. The van der Waals surface area contributed by atoms with Crippen LogP contribution in [0.5, 0.6) is 0 Å². The Morgan fingerprint density at radius 3 is 2.86 bits per heavy atom. The Hall–Kier alpha value is -2.96. The van der Waals surface area contributed by atoms with E-state index < -0.39 is 0 Å². The van der Waals surface area contributed by atoms with Crippen LogP contribution in [0.15, 0.2) is 52.4 Å². The monoisotopic (exact) mass is 298 g/mol. The first-order chi connectivity index (χ1) is 10.7. The minimum absolute atomic E-state index is 0.000524. The zero-order chi connectivity index (χ0) is 15.4. The molecule has 0 aliphatic carbocycles. The van der Waals surface area contributed by atoms with E-state index in [0.29, 0.717) is 18.8 Å². The summed E-state index contributed by atoms with van der Waals surface area (Å²) in [5.41, 5.74) is 3.39. The van der Waals surface area contributed by atoms with Crippen molar-refractivity contribution in [3.05, 3.63) is 54.2 Å². The molecule has 2 aromatic heterocycles. The van der Waals surface area contributed by atoms with Crippen LogP contribution >= 0.6 is 0 Å². The number of carbonyl (C=O) groups is 2. The Morgan fingerprint density at radius 1 is 1.32 bits per heavy atom. The highest BCUT2D eigenvalue weighted by molar-refractivity contribution is 6.42. The second-order valence-electron chi connectivity index (χ2n) is 4.87. The lowest BCUT2D eigenvalue weighted by atomic mass is 10.2. The fourth-order valence-electron chi connectivity index (χ4n) is 2.17. The van der Waals surface area contributed by atoms with Crippen LogP contribution < -0.4 is 5.43 Å². The van der Waals surface area contributed by atoms with E-state index in [9.17, 15) is 9.59 Å². The maximum absolute atomic E-state index is 12.6. The number of furan rings is 1. The summed E-state index contributed by atoms with van der Waals surface area (Å²) in [5, 5.41) is 3.79. The minimum Gasteiger partial charge on any atom is -0.467 e. The Kier molecular flexibility index (Phi) is 3.95. The van der Waals surface area contributed by atoms with Gasteiger partial charge in [0.2, 0.25) is 5.91 Å². The molecular weight excluding hydrogens is 284 g/mol. The molecule has 0 saturated heterocycles. The summed E-state index contributed by atoms with van der Waals surface area (Å²) >= 11 is 0. The largest absolute Gasteiger partial charge is 0.467 e. The number of pyridine rings is 1. The second-order valence-corrected chi connectivity index (χ2v) is 4.87. The van der Waals surface area contributed by atoms with E-state index in [0.717, 1.165) is 5.56 Å². The Morgan fingerprint density at radius 2 is 2.23 bits per heavy atom. The Balaban J connectivity index is 1.79. The molecule has 0 spiro atoms. The molecule has 0 bridgehead atoms. The molecule has 0 fully saturated rings. The van der Waals surface area contributed by atoms with Gasteiger partial charge in [0.05, 0.1) is 19.2 Å². The lowest BCUT2D eigenvalue weighted by Crippen LogP contribution is -2.35. The van der Waals surface area contributed by atoms with Gasteiger partial charge in [-0.1, -0.05) is 6.07 Å². The van der Waals surface area contributed by atoms with Crippen LogP contribution in [0.1, 0.15) is 17.7 Å². The van der Waals surface area contributed by atoms with Gasteiger partial charge in [-0.2, -0.15) is 5.10 Å². The highest BCUT2D eigenvalue weighted by Gasteiger charge is 2.26. The van der Waals surface area contributed by atoms with Gasteiger partial charge in [-0.15, -0.1) is 0 Å². The third-order valence-corrected chi connectivity index (χ3v) is 3.20. The van der Waals surface area contributed by atoms with E-state index in [1.54, 1.807) is 35.7 Å². The number of nitrogens with one attached hydrogen (secondary N) is 1. The molecule has 1 aliphatic heterocycles. The average molecular weight is 298 g/mol. The predicted octanol–water partition coefficient (Wildman–Crippen LogP) is 1.08. The Labute approximate surface area is 126 Å². The summed E-state index contributed by atoms with van der Waals surface area (Å²) < 4.78 is 5.30. The van der Waals surface area contributed by atoms with Gasteiger partial charge in [0.25, 0.3) is 5.91 Å². The molecule has 2 amide bonds. The lowest BCUT2D eigenvalue weighted by molar-refractivity contribution is -0.126. The van der Waals surface area contributed by atoms with Crippen molar-refractivity contribution in [2.24, 2.45) is 5.10 Å². The summed E-state index contributed by atoms with van der Waals surface area (Å²) in [6.07, 6.45) is 4.93. The molecule has 3 rings (SSSR count). The molecule has 0 aromatic carbocycles. The number of amides is 2. The average Bonchev–Trinajstić information content (AvgIpc) is 3.18. The van der Waals surface area contributed by atoms with Crippen molar-refractivity contribution in [3.8, 4) is 0 Å². The first kappa shape index (κ1) is 14.0. The van der Waals surface area contributed by atoms with E-state index >= 15 is 0 Å². The van der Waals surface area contributed by atoms with E-state index in [4.69, 9.17) is 4.42 Å². The highest BCUT2D eigenvalue weighted by atomic mass is 16.3. The van der Waals surface area contributed by atoms with Crippen molar-refractivity contribution in [2.45, 2.75) is 19.5 Å². The summed E-state index contributed by atoms with van der Waals surface area (Å²) in [5.74, 6) is 0.0939. The number of hydrazone groups is 1. The van der Waals surface area contributed by atoms with Crippen molar-refractivity contribution >= 4 is 17.5 Å². The van der Waals surface area contributed by atoms with Crippen LogP contribution in [0.3, 0.4) is 0 Å². The number of hydrogen-bond donors (Lipinski definition) is 1. The Bertz CT molecular complexity index is 695. The summed E-state index contributed by atoms with van der Waals surface area (Å²) in [7, 11) is 0. The first-order valence-corrected chi connectivity index (χ1v) is 6.78. The van der Waals surface area contributed by atoms with Gasteiger partial charge in [0, 0.05) is 18.9 Å². The van der Waals surface area contributed by atoms with Gasteiger partial charge in [-0.25, -0.2) is 5.43 Å². The summed E-state index contributed by atoms with van der Waals surface area (Å²) in [4.78, 5) is 29.4. The van der Waals surface area contributed by atoms with Crippen molar-refractivity contribution in [1.29, 1.82) is 0 Å². The van der Waals surface area contributed by atoms with E-state index in [2.05, 4.69) is 15.5 Å². The highest BCUT2D eigenvalue weighted by Crippen LogP contribution is 2.12. The maximum Gasteiger partial charge on any atom is 0.271 e. The zero-order valence-electron chi connectivity index (χ0n) is 11.7. The molecule has 2 aromatic rings. The van der Waals surface area contributed by atoms with Gasteiger partial charge < -0.3 is 9.32 Å². The lowest BCUT2D eigenvalue weighted by Gasteiger charge is -2.21. The van der Waals surface area contributed by atoms with Gasteiger partial charge in [-0.3, -0.25) is 14.6 Å². The molecule has 0 saturated carbocycles. The molecule has 3 heterocycles. The van der Waals surface area contributed by atoms with E-state index in [1.165, 1.54) is 0 Å². The fourth-order valence-corrected chi connectivity index (χ4v) is 2.17. The molecule has 0 unspecified atom stereocenters. The van der Waals surface area contributed by atoms with Crippen molar-refractivity contribution in [1.82, 2.24) is 15.3 Å². The summed E-state index contributed by atoms with van der Waals surface area (Å²) in [6, 6.07) is 7.25. The summed E-state index contributed by atoms with van der Waals surface area (Å²) in [6.45, 7) is 0.661. The fraction of sp³-hybridized carbons (Fsp3) is 0.200. The third kappa shape index (κ3) is 3.20. The number of carbonyl (C=O) groups excluding carboxylic acids is 2. The van der Waals surface area contributed by atoms with Crippen LogP contribution in [0, 0.1) is 0 Å². The number of aromatic nitrogens is 1. The van der Waals surface area contributed by atoms with Crippen LogP contribution in [-0.2, 0) is 22.7 Å². The van der Waals surface area contributed by atoms with Crippen LogP contribution in [-0.4, -0.2) is 27.4 Å². The van der Waals surface area contributed by atoms with Crippen molar-refractivity contribution in [2.75, 3.05) is 0 Å². The molecule has 112 valence electrons. The topological polar surface area (TPSA) is 87.8 Å². The van der Waals surface area contributed by atoms with Crippen molar-refractivity contribution in [3.63, 3.8) is 0 Å². The van der Waals surface area contributed by atoms with Gasteiger partial charge in [0.1, 0.15) is 11.5 Å². The van der Waals surface area contributed by atoms with Gasteiger partial charge >= 0.3 is 0 Å². The zero-order valence-corrected chi connectivity index (χ0v) is 11.7. The van der Waals surface area contributed by atoms with Crippen LogP contribution in [0.2, 0.25) is 0 Å². The maximum atomic E-state index is 12.6. The molecule has 1 N–H and O–H groups in total. The van der Waals surface area contributed by atoms with E-state index in [-0.39, 0.29) is 23.9 Å². The SMILES string of the molecule is O=C1CC(C(=O)N(Cc2cccnc2)Cc2ccco2)=NN1. The molecular formula is C15H14N4O3. The molecule has 7 heteroatoms. The quantitative estimate of drug-likeness (QED) is 0.894. The smallest absolute Gasteiger partial charge is 0.271 e. The molecule has 0 radical (unpaired) electrons. The third-order valence-electron chi connectivity index (χ3n) is 3.20. The van der Waals surface area contributed by atoms with Crippen LogP contribution in [0.25, 0.3) is 0 Å². The first-order valence-electron chi connectivity index (χ1n) is 6.78. The predicted molar refractivity (Wildman–Crippen MR) is 77.4 cm³/mol.